The first-order chi connectivity index (χ1) is 5.25. The molecule has 0 unspecified atom stereocenters. The summed E-state index contributed by atoms with van der Waals surface area (Å²) < 4.78 is 5.23. The predicted molar refractivity (Wildman–Crippen MR) is 39.5 cm³/mol. The van der Waals surface area contributed by atoms with Gasteiger partial charge in [0.1, 0.15) is 6.04 Å². The lowest BCUT2D eigenvalue weighted by Crippen LogP contribution is -2.39. The van der Waals surface area contributed by atoms with E-state index in [-0.39, 0.29) is 6.10 Å². The van der Waals surface area contributed by atoms with Gasteiger partial charge >= 0.3 is 5.97 Å². The van der Waals surface area contributed by atoms with Crippen molar-refractivity contribution >= 4 is 5.97 Å². The molecule has 1 heterocycles. The van der Waals surface area contributed by atoms with Crippen molar-refractivity contribution in [1.29, 1.82) is 0 Å². The largest absolute Gasteiger partial charge is 0.480 e. The molecule has 0 amide bonds. The Balaban J connectivity index is 2.44. The van der Waals surface area contributed by atoms with E-state index < -0.39 is 12.0 Å². The van der Waals surface area contributed by atoms with Crippen molar-refractivity contribution < 1.29 is 14.6 Å². The van der Waals surface area contributed by atoms with Gasteiger partial charge in [0.15, 0.2) is 0 Å². The number of hydrogen-bond acceptors (Lipinski definition) is 3. The summed E-state index contributed by atoms with van der Waals surface area (Å²) in [6, 6.07) is -0.505. The van der Waals surface area contributed by atoms with Crippen LogP contribution < -0.4 is 5.32 Å². The number of carbonyl (C=O) groups is 1. The summed E-state index contributed by atoms with van der Waals surface area (Å²) in [6.45, 7) is 3.19. The molecule has 0 aromatic carbocycles. The number of rotatable bonds is 3. The number of carboxylic acid groups (broad SMARTS) is 1. The van der Waals surface area contributed by atoms with E-state index in [1.807, 2.05) is 6.92 Å². The van der Waals surface area contributed by atoms with Crippen LogP contribution in [-0.2, 0) is 9.53 Å². The van der Waals surface area contributed by atoms with E-state index in [0.29, 0.717) is 6.61 Å². The molecule has 11 heavy (non-hydrogen) atoms. The van der Waals surface area contributed by atoms with Crippen LogP contribution in [0.25, 0.3) is 0 Å². The number of aliphatic carboxylic acids is 1. The number of ether oxygens (including phenoxy) is 1. The third kappa shape index (κ3) is 1.91. The maximum Gasteiger partial charge on any atom is 0.323 e. The van der Waals surface area contributed by atoms with Crippen LogP contribution in [0, 0.1) is 0 Å². The van der Waals surface area contributed by atoms with Gasteiger partial charge < -0.3 is 15.2 Å². The minimum Gasteiger partial charge on any atom is -0.480 e. The molecule has 0 aliphatic carbocycles. The Kier molecular flexibility index (Phi) is 2.84. The van der Waals surface area contributed by atoms with Crippen molar-refractivity contribution in [2.45, 2.75) is 25.5 Å². The van der Waals surface area contributed by atoms with E-state index in [1.165, 1.54) is 0 Å². The third-order valence-corrected chi connectivity index (χ3v) is 1.81. The molecule has 1 fully saturated rings. The molecule has 1 rings (SSSR count). The van der Waals surface area contributed by atoms with E-state index in [4.69, 9.17) is 9.84 Å². The average Bonchev–Trinajstić information content (AvgIpc) is 2.36. The second kappa shape index (κ2) is 3.69. The molecule has 0 bridgehead atoms. The number of carboxylic acids is 1. The molecule has 64 valence electrons. The highest BCUT2D eigenvalue weighted by molar-refractivity contribution is 5.74. The zero-order chi connectivity index (χ0) is 8.27. The number of nitrogens with one attached hydrogen (secondary N) is 1. The van der Waals surface area contributed by atoms with Gasteiger partial charge in [0, 0.05) is 6.61 Å². The van der Waals surface area contributed by atoms with Crippen LogP contribution in [0.15, 0.2) is 0 Å². The van der Waals surface area contributed by atoms with Gasteiger partial charge in [-0.25, -0.2) is 0 Å². The Labute approximate surface area is 65.5 Å². The van der Waals surface area contributed by atoms with Gasteiger partial charge in [-0.1, -0.05) is 0 Å². The van der Waals surface area contributed by atoms with E-state index in [9.17, 15) is 4.79 Å². The summed E-state index contributed by atoms with van der Waals surface area (Å²) in [5.74, 6) is -0.819. The van der Waals surface area contributed by atoms with Gasteiger partial charge in [-0.3, -0.25) is 4.79 Å². The van der Waals surface area contributed by atoms with Crippen molar-refractivity contribution in [3.05, 3.63) is 0 Å². The topological polar surface area (TPSA) is 58.6 Å². The molecule has 2 N–H and O–H groups in total. The normalized spacial score (nSPS) is 30.6. The lowest BCUT2D eigenvalue weighted by atomic mass is 10.2. The minimum absolute atomic E-state index is 0.141. The first kappa shape index (κ1) is 8.49. The van der Waals surface area contributed by atoms with Gasteiger partial charge in [0.25, 0.3) is 0 Å². The Morgan fingerprint density at radius 2 is 2.55 bits per heavy atom. The van der Waals surface area contributed by atoms with Crippen molar-refractivity contribution in [3.8, 4) is 0 Å². The first-order valence-electron chi connectivity index (χ1n) is 3.83. The SMILES string of the molecule is CCO[C@@H]1CCN[C@@H]1C(=O)O. The van der Waals surface area contributed by atoms with Crippen LogP contribution >= 0.6 is 0 Å². The fourth-order valence-electron chi connectivity index (χ4n) is 1.32. The summed E-state index contributed by atoms with van der Waals surface area (Å²) >= 11 is 0. The second-order valence-corrected chi connectivity index (χ2v) is 2.55. The molecule has 1 saturated heterocycles. The van der Waals surface area contributed by atoms with Crippen LogP contribution in [0.3, 0.4) is 0 Å². The molecule has 1 aliphatic rings. The fraction of sp³-hybridized carbons (Fsp3) is 0.857. The quantitative estimate of drug-likeness (QED) is 0.600. The molecule has 0 spiro atoms. The van der Waals surface area contributed by atoms with Crippen LogP contribution in [0.2, 0.25) is 0 Å². The Hall–Kier alpha value is -0.610. The third-order valence-electron chi connectivity index (χ3n) is 1.81. The molecule has 2 atom stereocenters. The number of hydrogen-bond donors (Lipinski definition) is 2. The zero-order valence-corrected chi connectivity index (χ0v) is 6.54. The van der Waals surface area contributed by atoms with Crippen LogP contribution in [0.4, 0.5) is 0 Å². The summed E-state index contributed by atoms with van der Waals surface area (Å²) in [7, 11) is 0. The van der Waals surface area contributed by atoms with Crippen LogP contribution in [-0.4, -0.2) is 36.4 Å². The maximum absolute atomic E-state index is 10.5. The highest BCUT2D eigenvalue weighted by atomic mass is 16.5. The standard InChI is InChI=1S/C7H13NO3/c1-2-11-5-3-4-8-6(5)7(9)10/h5-6,8H,2-4H2,1H3,(H,9,10)/t5-,6+/m1/s1. The molecule has 4 heteroatoms. The lowest BCUT2D eigenvalue weighted by Gasteiger charge is -2.14. The first-order valence-corrected chi connectivity index (χ1v) is 3.83. The molecule has 1 aliphatic heterocycles. The van der Waals surface area contributed by atoms with Gasteiger partial charge in [-0.05, 0) is 19.9 Å². The molecule has 0 aromatic rings. The fourth-order valence-corrected chi connectivity index (χ4v) is 1.32. The average molecular weight is 159 g/mol. The Morgan fingerprint density at radius 1 is 1.82 bits per heavy atom. The molecular formula is C7H13NO3. The van der Waals surface area contributed by atoms with E-state index in [1.54, 1.807) is 0 Å². The maximum atomic E-state index is 10.5. The van der Waals surface area contributed by atoms with Crippen molar-refractivity contribution in [1.82, 2.24) is 5.32 Å². The van der Waals surface area contributed by atoms with Crippen LogP contribution in [0.1, 0.15) is 13.3 Å². The predicted octanol–water partition coefficient (Wildman–Crippen LogP) is -0.162. The van der Waals surface area contributed by atoms with Gasteiger partial charge in [0.05, 0.1) is 6.10 Å². The minimum atomic E-state index is -0.819. The summed E-state index contributed by atoms with van der Waals surface area (Å²) in [5, 5.41) is 11.5. The highest BCUT2D eigenvalue weighted by Crippen LogP contribution is 2.10. The van der Waals surface area contributed by atoms with E-state index in [0.717, 1.165) is 13.0 Å². The summed E-state index contributed by atoms with van der Waals surface area (Å²) in [6.07, 6.45) is 0.655. The van der Waals surface area contributed by atoms with Crippen molar-refractivity contribution in [2.24, 2.45) is 0 Å². The van der Waals surface area contributed by atoms with E-state index >= 15 is 0 Å². The smallest absolute Gasteiger partial charge is 0.323 e. The zero-order valence-electron chi connectivity index (χ0n) is 6.54. The van der Waals surface area contributed by atoms with Gasteiger partial charge in [0.2, 0.25) is 0 Å². The molecule has 4 nitrogen and oxygen atoms in total. The van der Waals surface area contributed by atoms with E-state index in [2.05, 4.69) is 5.32 Å². The van der Waals surface area contributed by atoms with Crippen molar-refractivity contribution in [3.63, 3.8) is 0 Å². The van der Waals surface area contributed by atoms with Gasteiger partial charge in [-0.15, -0.1) is 0 Å². The summed E-state index contributed by atoms with van der Waals surface area (Å²) in [5.41, 5.74) is 0. The van der Waals surface area contributed by atoms with Crippen molar-refractivity contribution in [2.75, 3.05) is 13.2 Å². The molecule has 0 radical (unpaired) electrons. The lowest BCUT2D eigenvalue weighted by molar-refractivity contribution is -0.142. The summed E-state index contributed by atoms with van der Waals surface area (Å²) in [4.78, 5) is 10.5. The molecule has 0 aromatic heterocycles. The van der Waals surface area contributed by atoms with Gasteiger partial charge in [-0.2, -0.15) is 0 Å². The second-order valence-electron chi connectivity index (χ2n) is 2.55. The highest BCUT2D eigenvalue weighted by Gasteiger charge is 2.32. The Bertz CT molecular complexity index is 149. The molecule has 0 saturated carbocycles. The molecular weight excluding hydrogens is 146 g/mol. The van der Waals surface area contributed by atoms with Crippen LogP contribution in [0.5, 0.6) is 0 Å². The monoisotopic (exact) mass is 159 g/mol. The Morgan fingerprint density at radius 3 is 3.09 bits per heavy atom.